The molecule has 0 spiro atoms. The Morgan fingerprint density at radius 3 is 2.75 bits per heavy atom. The highest BCUT2D eigenvalue weighted by atomic mass is 79.9. The van der Waals surface area contributed by atoms with Crippen molar-refractivity contribution in [3.8, 4) is 11.5 Å². The molecule has 3 aromatic rings. The number of nitrogens with one attached hydrogen (secondary N) is 1. The van der Waals surface area contributed by atoms with Crippen molar-refractivity contribution in [1.29, 1.82) is 0 Å². The van der Waals surface area contributed by atoms with Crippen LogP contribution in [0.4, 0.5) is 5.69 Å². The molecule has 0 bridgehead atoms. The SMILES string of the molecule is O=C(CSc1nnc(-c2ccc(Br)cc2)o1)Nc1cccc(Cl)c1. The smallest absolute Gasteiger partial charge is 0.277 e. The van der Waals surface area contributed by atoms with Crippen LogP contribution < -0.4 is 5.32 Å². The molecule has 0 fully saturated rings. The molecule has 0 aliphatic heterocycles. The summed E-state index contributed by atoms with van der Waals surface area (Å²) in [6.07, 6.45) is 0. The standard InChI is InChI=1S/C16H11BrClN3O2S/c17-11-6-4-10(5-7-11)15-20-21-16(23-15)24-9-14(22)19-13-3-1-2-12(18)8-13/h1-8H,9H2,(H,19,22). The number of carbonyl (C=O) groups excluding carboxylic acids is 1. The molecule has 0 saturated carbocycles. The zero-order valence-corrected chi connectivity index (χ0v) is 15.4. The Morgan fingerprint density at radius 1 is 1.21 bits per heavy atom. The van der Waals surface area contributed by atoms with E-state index in [1.807, 2.05) is 24.3 Å². The maximum Gasteiger partial charge on any atom is 0.277 e. The quantitative estimate of drug-likeness (QED) is 0.591. The van der Waals surface area contributed by atoms with Gasteiger partial charge in [0, 0.05) is 20.7 Å². The first-order valence-corrected chi connectivity index (χ1v) is 9.03. The molecule has 24 heavy (non-hydrogen) atoms. The third kappa shape index (κ3) is 4.59. The molecule has 3 rings (SSSR count). The molecule has 1 aromatic heterocycles. The third-order valence-corrected chi connectivity index (χ3v) is 4.51. The van der Waals surface area contributed by atoms with Gasteiger partial charge in [0.15, 0.2) is 0 Å². The van der Waals surface area contributed by atoms with Crippen LogP contribution in [0.25, 0.3) is 11.5 Å². The van der Waals surface area contributed by atoms with Crippen LogP contribution in [0.2, 0.25) is 5.02 Å². The number of benzene rings is 2. The molecule has 0 aliphatic carbocycles. The van der Waals surface area contributed by atoms with Gasteiger partial charge >= 0.3 is 0 Å². The largest absolute Gasteiger partial charge is 0.411 e. The lowest BCUT2D eigenvalue weighted by atomic mass is 10.2. The summed E-state index contributed by atoms with van der Waals surface area (Å²) >= 11 is 10.4. The second-order valence-electron chi connectivity index (χ2n) is 4.73. The molecule has 5 nitrogen and oxygen atoms in total. The Kier molecular flexibility index (Phi) is 5.55. The Bertz CT molecular complexity index is 855. The van der Waals surface area contributed by atoms with E-state index < -0.39 is 0 Å². The summed E-state index contributed by atoms with van der Waals surface area (Å²) < 4.78 is 6.52. The number of carbonyl (C=O) groups is 1. The molecule has 122 valence electrons. The highest BCUT2D eigenvalue weighted by molar-refractivity contribution is 9.10. The van der Waals surface area contributed by atoms with Crippen LogP contribution in [0.1, 0.15) is 0 Å². The predicted molar refractivity (Wildman–Crippen MR) is 98.2 cm³/mol. The van der Waals surface area contributed by atoms with Crippen LogP contribution in [0.15, 0.2) is 62.6 Å². The minimum atomic E-state index is -0.175. The number of nitrogens with zero attached hydrogens (tertiary/aromatic N) is 2. The van der Waals surface area contributed by atoms with Crippen LogP contribution in [0, 0.1) is 0 Å². The summed E-state index contributed by atoms with van der Waals surface area (Å²) in [5, 5.41) is 11.6. The molecule has 0 unspecified atom stereocenters. The van der Waals surface area contributed by atoms with E-state index in [4.69, 9.17) is 16.0 Å². The van der Waals surface area contributed by atoms with Gasteiger partial charge in [-0.25, -0.2) is 0 Å². The zero-order chi connectivity index (χ0) is 16.9. The Morgan fingerprint density at radius 2 is 2.00 bits per heavy atom. The van der Waals surface area contributed by atoms with Gasteiger partial charge in [0.25, 0.3) is 5.22 Å². The average Bonchev–Trinajstić information content (AvgIpc) is 3.03. The number of anilines is 1. The number of amides is 1. The van der Waals surface area contributed by atoms with Crippen molar-refractivity contribution in [2.45, 2.75) is 5.22 Å². The fourth-order valence-corrected chi connectivity index (χ4v) is 2.89. The van der Waals surface area contributed by atoms with Gasteiger partial charge in [-0.3, -0.25) is 4.79 Å². The second-order valence-corrected chi connectivity index (χ2v) is 7.01. The Hall–Kier alpha value is -1.83. The molecule has 8 heteroatoms. The van der Waals surface area contributed by atoms with Gasteiger partial charge in [-0.1, -0.05) is 45.4 Å². The van der Waals surface area contributed by atoms with E-state index >= 15 is 0 Å². The van der Waals surface area contributed by atoms with Crippen LogP contribution >= 0.6 is 39.3 Å². The summed E-state index contributed by atoms with van der Waals surface area (Å²) in [7, 11) is 0. The van der Waals surface area contributed by atoms with E-state index in [1.165, 1.54) is 11.8 Å². The molecule has 0 radical (unpaired) electrons. The van der Waals surface area contributed by atoms with Gasteiger partial charge in [-0.05, 0) is 42.5 Å². The Balaban J connectivity index is 1.57. The molecular weight excluding hydrogens is 414 g/mol. The maximum absolute atomic E-state index is 11.9. The molecule has 0 saturated heterocycles. The van der Waals surface area contributed by atoms with Crippen molar-refractivity contribution in [2.75, 3.05) is 11.1 Å². The lowest BCUT2D eigenvalue weighted by molar-refractivity contribution is -0.113. The first-order valence-electron chi connectivity index (χ1n) is 6.88. The van der Waals surface area contributed by atoms with Gasteiger partial charge < -0.3 is 9.73 Å². The van der Waals surface area contributed by atoms with Gasteiger partial charge in [0.05, 0.1) is 5.75 Å². The topological polar surface area (TPSA) is 68.0 Å². The monoisotopic (exact) mass is 423 g/mol. The minimum Gasteiger partial charge on any atom is -0.411 e. The average molecular weight is 425 g/mol. The van der Waals surface area contributed by atoms with Gasteiger partial charge in [-0.15, -0.1) is 10.2 Å². The van der Waals surface area contributed by atoms with Gasteiger partial charge in [0.2, 0.25) is 11.8 Å². The van der Waals surface area contributed by atoms with Crippen molar-refractivity contribution in [1.82, 2.24) is 10.2 Å². The number of thioether (sulfide) groups is 1. The lowest BCUT2D eigenvalue weighted by Crippen LogP contribution is -2.13. The van der Waals surface area contributed by atoms with Crippen molar-refractivity contribution >= 4 is 50.9 Å². The number of hydrogen-bond donors (Lipinski definition) is 1. The summed E-state index contributed by atoms with van der Waals surface area (Å²) in [4.78, 5) is 11.9. The molecule has 1 amide bonds. The highest BCUT2D eigenvalue weighted by Crippen LogP contribution is 2.24. The van der Waals surface area contributed by atoms with Crippen LogP contribution in [-0.2, 0) is 4.79 Å². The van der Waals surface area contributed by atoms with Crippen molar-refractivity contribution in [3.05, 3.63) is 58.0 Å². The fraction of sp³-hybridized carbons (Fsp3) is 0.0625. The molecule has 0 atom stereocenters. The summed E-state index contributed by atoms with van der Waals surface area (Å²) in [5.74, 6) is 0.403. The van der Waals surface area contributed by atoms with Crippen LogP contribution in [-0.4, -0.2) is 21.9 Å². The van der Waals surface area contributed by atoms with Gasteiger partial charge in [0.1, 0.15) is 0 Å². The number of halogens is 2. The second kappa shape index (κ2) is 7.83. The van der Waals surface area contributed by atoms with E-state index in [0.29, 0.717) is 21.8 Å². The molecule has 1 N–H and O–H groups in total. The van der Waals surface area contributed by atoms with E-state index in [-0.39, 0.29) is 11.7 Å². The van der Waals surface area contributed by atoms with E-state index in [2.05, 4.69) is 31.4 Å². The van der Waals surface area contributed by atoms with Crippen LogP contribution in [0.5, 0.6) is 0 Å². The van der Waals surface area contributed by atoms with Crippen molar-refractivity contribution < 1.29 is 9.21 Å². The van der Waals surface area contributed by atoms with Crippen LogP contribution in [0.3, 0.4) is 0 Å². The van der Waals surface area contributed by atoms with E-state index in [9.17, 15) is 4.79 Å². The Labute approximate surface area is 155 Å². The maximum atomic E-state index is 11.9. The normalized spacial score (nSPS) is 10.6. The molecule has 0 aliphatic rings. The first-order chi connectivity index (χ1) is 11.6. The number of rotatable bonds is 5. The van der Waals surface area contributed by atoms with E-state index in [1.54, 1.807) is 24.3 Å². The van der Waals surface area contributed by atoms with Crippen molar-refractivity contribution in [2.24, 2.45) is 0 Å². The predicted octanol–water partition coefficient (Wildman–Crippen LogP) is 4.88. The minimum absolute atomic E-state index is 0.161. The molecule has 1 heterocycles. The van der Waals surface area contributed by atoms with Crippen molar-refractivity contribution in [3.63, 3.8) is 0 Å². The van der Waals surface area contributed by atoms with Gasteiger partial charge in [-0.2, -0.15) is 0 Å². The number of hydrogen-bond acceptors (Lipinski definition) is 5. The number of aromatic nitrogens is 2. The lowest BCUT2D eigenvalue weighted by Gasteiger charge is -2.03. The zero-order valence-electron chi connectivity index (χ0n) is 12.2. The summed E-state index contributed by atoms with van der Waals surface area (Å²) in [6, 6.07) is 14.5. The highest BCUT2D eigenvalue weighted by Gasteiger charge is 2.11. The summed E-state index contributed by atoms with van der Waals surface area (Å²) in [6.45, 7) is 0. The molecular formula is C16H11BrClN3O2S. The molecule has 2 aromatic carbocycles. The fourth-order valence-electron chi connectivity index (χ4n) is 1.87. The van der Waals surface area contributed by atoms with E-state index in [0.717, 1.165) is 10.0 Å². The first kappa shape index (κ1) is 17.0. The third-order valence-electron chi connectivity index (χ3n) is 2.93. The summed E-state index contributed by atoms with van der Waals surface area (Å²) in [5.41, 5.74) is 1.47.